The Labute approximate surface area is 157 Å². The van der Waals surface area contributed by atoms with Gasteiger partial charge in [0, 0.05) is 36.4 Å². The van der Waals surface area contributed by atoms with Crippen LogP contribution >= 0.6 is 11.3 Å². The third kappa shape index (κ3) is 4.48. The van der Waals surface area contributed by atoms with Crippen molar-refractivity contribution in [3.63, 3.8) is 0 Å². The standard InChI is InChI=1S/C17H21N5O2S2/c1-3-14-6-7-17(25-14)26(23,24)19-9-8-18-15-12-16(21-13(2)20-15)22-10-4-5-11-22/h4-7,10-12,19H,3,8-9H2,1-2H3,(H,18,20,21). The lowest BCUT2D eigenvalue weighted by atomic mass is 10.4. The third-order valence-electron chi connectivity index (χ3n) is 3.67. The number of rotatable bonds is 8. The van der Waals surface area contributed by atoms with E-state index in [4.69, 9.17) is 0 Å². The number of thiophene rings is 1. The molecule has 0 unspecified atom stereocenters. The molecule has 0 spiro atoms. The van der Waals surface area contributed by atoms with Gasteiger partial charge in [-0.3, -0.25) is 0 Å². The highest BCUT2D eigenvalue weighted by molar-refractivity contribution is 7.91. The van der Waals surface area contributed by atoms with Crippen LogP contribution in [0.15, 0.2) is 46.9 Å². The van der Waals surface area contributed by atoms with Crippen molar-refractivity contribution in [3.8, 4) is 5.82 Å². The van der Waals surface area contributed by atoms with Crippen molar-refractivity contribution in [2.24, 2.45) is 0 Å². The topological polar surface area (TPSA) is 88.9 Å². The van der Waals surface area contributed by atoms with Crippen molar-refractivity contribution in [1.29, 1.82) is 0 Å². The highest BCUT2D eigenvalue weighted by atomic mass is 32.2. The summed E-state index contributed by atoms with van der Waals surface area (Å²) >= 11 is 1.30. The lowest BCUT2D eigenvalue weighted by molar-refractivity contribution is 0.585. The number of anilines is 1. The molecule has 3 aromatic rings. The fourth-order valence-electron chi connectivity index (χ4n) is 2.40. The average Bonchev–Trinajstić information content (AvgIpc) is 3.29. The van der Waals surface area contributed by atoms with Gasteiger partial charge in [0.2, 0.25) is 10.0 Å². The van der Waals surface area contributed by atoms with E-state index in [1.165, 1.54) is 11.3 Å². The lowest BCUT2D eigenvalue weighted by Crippen LogP contribution is -2.28. The summed E-state index contributed by atoms with van der Waals surface area (Å²) in [7, 11) is -3.46. The van der Waals surface area contributed by atoms with E-state index in [0.29, 0.717) is 22.4 Å². The maximum absolute atomic E-state index is 12.3. The predicted molar refractivity (Wildman–Crippen MR) is 103 cm³/mol. The molecule has 9 heteroatoms. The van der Waals surface area contributed by atoms with Crippen LogP contribution in [-0.2, 0) is 16.4 Å². The number of sulfonamides is 1. The minimum atomic E-state index is -3.46. The van der Waals surface area contributed by atoms with E-state index < -0.39 is 10.0 Å². The normalized spacial score (nSPS) is 11.6. The molecule has 0 aliphatic rings. The molecule has 0 aromatic carbocycles. The molecule has 3 rings (SSSR count). The van der Waals surface area contributed by atoms with Gasteiger partial charge in [-0.2, -0.15) is 0 Å². The van der Waals surface area contributed by atoms with Crippen LogP contribution in [0.4, 0.5) is 5.82 Å². The lowest BCUT2D eigenvalue weighted by Gasteiger charge is -2.10. The third-order valence-corrected chi connectivity index (χ3v) is 6.85. The van der Waals surface area contributed by atoms with Gasteiger partial charge in [-0.05, 0) is 37.6 Å². The van der Waals surface area contributed by atoms with Gasteiger partial charge in [-0.25, -0.2) is 23.1 Å². The summed E-state index contributed by atoms with van der Waals surface area (Å²) in [5, 5.41) is 3.14. The second kappa shape index (κ2) is 7.98. The first kappa shape index (κ1) is 18.6. The maximum Gasteiger partial charge on any atom is 0.250 e. The zero-order valence-corrected chi connectivity index (χ0v) is 16.3. The molecular weight excluding hydrogens is 370 g/mol. The minimum absolute atomic E-state index is 0.267. The molecule has 0 bridgehead atoms. The van der Waals surface area contributed by atoms with Crippen LogP contribution in [-0.4, -0.2) is 36.0 Å². The molecule has 0 saturated carbocycles. The molecule has 2 N–H and O–H groups in total. The maximum atomic E-state index is 12.3. The molecule has 0 aliphatic carbocycles. The fraction of sp³-hybridized carbons (Fsp3) is 0.294. The van der Waals surface area contributed by atoms with Crippen LogP contribution in [0.2, 0.25) is 0 Å². The van der Waals surface area contributed by atoms with Crippen LogP contribution in [0, 0.1) is 6.92 Å². The molecule has 3 heterocycles. The van der Waals surface area contributed by atoms with Crippen molar-refractivity contribution in [1.82, 2.24) is 19.3 Å². The van der Waals surface area contributed by atoms with Crippen molar-refractivity contribution in [2.75, 3.05) is 18.4 Å². The molecule has 0 radical (unpaired) electrons. The molecular formula is C17H21N5O2S2. The Hall–Kier alpha value is -2.23. The molecule has 0 fully saturated rings. The Morgan fingerprint density at radius 3 is 2.62 bits per heavy atom. The molecule has 138 valence electrons. The molecule has 3 aromatic heterocycles. The van der Waals surface area contributed by atoms with Crippen LogP contribution in [0.1, 0.15) is 17.6 Å². The van der Waals surface area contributed by atoms with E-state index in [1.54, 1.807) is 6.07 Å². The van der Waals surface area contributed by atoms with Crippen molar-refractivity contribution >= 4 is 27.2 Å². The van der Waals surface area contributed by atoms with E-state index in [-0.39, 0.29) is 6.54 Å². The number of aryl methyl sites for hydroxylation is 2. The summed E-state index contributed by atoms with van der Waals surface area (Å²) in [6, 6.07) is 9.18. The van der Waals surface area contributed by atoms with Gasteiger partial charge in [0.15, 0.2) is 0 Å². The van der Waals surface area contributed by atoms with Gasteiger partial charge in [0.25, 0.3) is 0 Å². The summed E-state index contributed by atoms with van der Waals surface area (Å²) in [5.41, 5.74) is 0. The van der Waals surface area contributed by atoms with Gasteiger partial charge >= 0.3 is 0 Å². The summed E-state index contributed by atoms with van der Waals surface area (Å²) in [6.45, 7) is 4.52. The smallest absolute Gasteiger partial charge is 0.250 e. The molecule has 0 amide bonds. The minimum Gasteiger partial charge on any atom is -0.369 e. The van der Waals surface area contributed by atoms with Crippen LogP contribution < -0.4 is 10.0 Å². The summed E-state index contributed by atoms with van der Waals surface area (Å²) in [5.74, 6) is 2.06. The van der Waals surface area contributed by atoms with Crippen molar-refractivity contribution < 1.29 is 8.42 Å². The molecule has 7 nitrogen and oxygen atoms in total. The van der Waals surface area contributed by atoms with E-state index in [1.807, 2.05) is 55.1 Å². The fourth-order valence-corrected chi connectivity index (χ4v) is 4.77. The first-order valence-corrected chi connectivity index (χ1v) is 10.6. The van der Waals surface area contributed by atoms with E-state index >= 15 is 0 Å². The van der Waals surface area contributed by atoms with Crippen LogP contribution in [0.5, 0.6) is 0 Å². The highest BCUT2D eigenvalue weighted by Crippen LogP contribution is 2.21. The second-order valence-electron chi connectivity index (χ2n) is 5.65. The number of nitrogens with one attached hydrogen (secondary N) is 2. The van der Waals surface area contributed by atoms with E-state index in [2.05, 4.69) is 20.0 Å². The Kier molecular flexibility index (Phi) is 5.70. The first-order chi connectivity index (χ1) is 12.5. The Morgan fingerprint density at radius 1 is 1.15 bits per heavy atom. The number of hydrogen-bond donors (Lipinski definition) is 2. The van der Waals surface area contributed by atoms with E-state index in [9.17, 15) is 8.42 Å². The average molecular weight is 392 g/mol. The van der Waals surface area contributed by atoms with Crippen LogP contribution in [0.3, 0.4) is 0 Å². The molecule has 0 atom stereocenters. The number of aromatic nitrogens is 3. The summed E-state index contributed by atoms with van der Waals surface area (Å²) in [4.78, 5) is 9.79. The Balaban J connectivity index is 1.58. The zero-order chi connectivity index (χ0) is 18.6. The van der Waals surface area contributed by atoms with Gasteiger partial charge < -0.3 is 9.88 Å². The van der Waals surface area contributed by atoms with Crippen LogP contribution in [0.25, 0.3) is 5.82 Å². The second-order valence-corrected chi connectivity index (χ2v) is 8.81. The quantitative estimate of drug-likeness (QED) is 0.576. The SMILES string of the molecule is CCc1ccc(S(=O)(=O)NCCNc2cc(-n3cccc3)nc(C)n2)s1. The molecule has 26 heavy (non-hydrogen) atoms. The molecule has 0 saturated heterocycles. The molecule has 0 aliphatic heterocycles. The highest BCUT2D eigenvalue weighted by Gasteiger charge is 2.15. The zero-order valence-electron chi connectivity index (χ0n) is 14.6. The van der Waals surface area contributed by atoms with Gasteiger partial charge in [0.1, 0.15) is 21.7 Å². The Bertz CT molecular complexity index is 965. The van der Waals surface area contributed by atoms with Gasteiger partial charge in [-0.15, -0.1) is 11.3 Å². The van der Waals surface area contributed by atoms with E-state index in [0.717, 1.165) is 17.1 Å². The van der Waals surface area contributed by atoms with Gasteiger partial charge in [-0.1, -0.05) is 6.92 Å². The van der Waals surface area contributed by atoms with Gasteiger partial charge in [0.05, 0.1) is 0 Å². The Morgan fingerprint density at radius 2 is 1.92 bits per heavy atom. The summed E-state index contributed by atoms with van der Waals surface area (Å²) < 4.78 is 29.4. The summed E-state index contributed by atoms with van der Waals surface area (Å²) in [6.07, 6.45) is 4.65. The number of hydrogen-bond acceptors (Lipinski definition) is 6. The monoisotopic (exact) mass is 391 g/mol. The largest absolute Gasteiger partial charge is 0.369 e. The predicted octanol–water partition coefficient (Wildman–Crippen LogP) is 2.59. The first-order valence-electron chi connectivity index (χ1n) is 8.29. The van der Waals surface area contributed by atoms with Crippen molar-refractivity contribution in [3.05, 3.63) is 53.4 Å². The number of nitrogens with zero attached hydrogens (tertiary/aromatic N) is 3. The van der Waals surface area contributed by atoms with Crippen molar-refractivity contribution in [2.45, 2.75) is 24.5 Å².